The highest BCUT2D eigenvalue weighted by molar-refractivity contribution is 7.10. The Morgan fingerprint density at radius 2 is 2.20 bits per heavy atom. The van der Waals surface area contributed by atoms with Crippen LogP contribution in [0.1, 0.15) is 36.6 Å². The van der Waals surface area contributed by atoms with E-state index in [1.807, 2.05) is 11.3 Å². The zero-order valence-corrected chi connectivity index (χ0v) is 10.0. The van der Waals surface area contributed by atoms with Crippen molar-refractivity contribution in [2.45, 2.75) is 31.7 Å². The van der Waals surface area contributed by atoms with Crippen molar-refractivity contribution >= 4 is 11.3 Å². The average Bonchev–Trinajstić information content (AvgIpc) is 2.90. The van der Waals surface area contributed by atoms with E-state index in [2.05, 4.69) is 22.4 Å². The van der Waals surface area contributed by atoms with Crippen molar-refractivity contribution in [3.63, 3.8) is 0 Å². The second-order valence-electron chi connectivity index (χ2n) is 4.21. The van der Waals surface area contributed by atoms with Crippen molar-refractivity contribution in [1.82, 2.24) is 4.90 Å². The summed E-state index contributed by atoms with van der Waals surface area (Å²) in [6.07, 6.45) is 5.09. The molecule has 0 aliphatic carbocycles. The van der Waals surface area contributed by atoms with Gasteiger partial charge in [0.25, 0.3) is 0 Å². The average molecular weight is 224 g/mol. The molecular formula is C12H20N2S. The molecule has 1 aliphatic heterocycles. The predicted octanol–water partition coefficient (Wildman–Crippen LogP) is 2.62. The molecule has 0 radical (unpaired) electrons. The van der Waals surface area contributed by atoms with E-state index in [-0.39, 0.29) is 0 Å². The lowest BCUT2D eigenvalue weighted by molar-refractivity contribution is 0.234. The first-order valence-corrected chi connectivity index (χ1v) is 6.77. The quantitative estimate of drug-likeness (QED) is 0.833. The minimum atomic E-state index is 0.635. The Labute approximate surface area is 96.1 Å². The maximum Gasteiger partial charge on any atom is 0.0441 e. The molecule has 1 aromatic rings. The highest BCUT2D eigenvalue weighted by atomic mass is 32.1. The second-order valence-corrected chi connectivity index (χ2v) is 5.18. The standard InChI is InChI=1S/C12H20N2S/c13-7-3-5-11(12-6-4-10-15-12)14-8-1-2-9-14/h4,6,10-11H,1-3,5,7-9,13H2/t11-/m0/s1. The normalized spacial score (nSPS) is 19.5. The number of nitrogens with two attached hydrogens (primary N) is 1. The van der Waals surface area contributed by atoms with E-state index < -0.39 is 0 Å². The number of hydrogen-bond donors (Lipinski definition) is 1. The summed E-state index contributed by atoms with van der Waals surface area (Å²) in [5, 5.41) is 2.18. The first-order chi connectivity index (χ1) is 7.42. The van der Waals surface area contributed by atoms with Crippen LogP contribution in [0, 0.1) is 0 Å². The summed E-state index contributed by atoms with van der Waals surface area (Å²) in [5.74, 6) is 0. The number of thiophene rings is 1. The summed E-state index contributed by atoms with van der Waals surface area (Å²) >= 11 is 1.89. The molecule has 2 N–H and O–H groups in total. The molecule has 2 nitrogen and oxygen atoms in total. The molecule has 1 aromatic heterocycles. The number of nitrogens with zero attached hydrogens (tertiary/aromatic N) is 1. The highest BCUT2D eigenvalue weighted by Gasteiger charge is 2.23. The molecule has 1 saturated heterocycles. The molecule has 1 atom stereocenters. The molecule has 84 valence electrons. The molecule has 2 rings (SSSR count). The van der Waals surface area contributed by atoms with Crippen LogP contribution in [-0.4, -0.2) is 24.5 Å². The second kappa shape index (κ2) is 5.64. The van der Waals surface area contributed by atoms with Gasteiger partial charge in [0.05, 0.1) is 0 Å². The Balaban J connectivity index is 2.01. The summed E-state index contributed by atoms with van der Waals surface area (Å²) in [4.78, 5) is 4.15. The van der Waals surface area contributed by atoms with Gasteiger partial charge in [0.2, 0.25) is 0 Å². The van der Waals surface area contributed by atoms with Crippen LogP contribution in [0.5, 0.6) is 0 Å². The zero-order valence-electron chi connectivity index (χ0n) is 9.19. The minimum Gasteiger partial charge on any atom is -0.330 e. The summed E-state index contributed by atoms with van der Waals surface area (Å²) < 4.78 is 0. The highest BCUT2D eigenvalue weighted by Crippen LogP contribution is 2.31. The monoisotopic (exact) mass is 224 g/mol. The zero-order chi connectivity index (χ0) is 10.5. The van der Waals surface area contributed by atoms with Gasteiger partial charge in [-0.2, -0.15) is 0 Å². The first-order valence-electron chi connectivity index (χ1n) is 5.89. The van der Waals surface area contributed by atoms with E-state index in [4.69, 9.17) is 5.73 Å². The van der Waals surface area contributed by atoms with Crippen LogP contribution in [0.25, 0.3) is 0 Å². The van der Waals surface area contributed by atoms with E-state index in [0.717, 1.165) is 13.0 Å². The SMILES string of the molecule is NCCC[C@@H](c1cccs1)N1CCCC1. The van der Waals surface area contributed by atoms with Gasteiger partial charge < -0.3 is 5.73 Å². The molecule has 0 spiro atoms. The van der Waals surface area contributed by atoms with Crippen LogP contribution < -0.4 is 5.73 Å². The number of likely N-dealkylation sites (tertiary alicyclic amines) is 1. The van der Waals surface area contributed by atoms with Gasteiger partial charge in [0.15, 0.2) is 0 Å². The van der Waals surface area contributed by atoms with Crippen LogP contribution in [0.3, 0.4) is 0 Å². The third-order valence-electron chi connectivity index (χ3n) is 3.13. The van der Waals surface area contributed by atoms with Gasteiger partial charge in [-0.1, -0.05) is 6.07 Å². The maximum absolute atomic E-state index is 5.61. The lowest BCUT2D eigenvalue weighted by Crippen LogP contribution is -2.25. The minimum absolute atomic E-state index is 0.635. The van der Waals surface area contributed by atoms with Crippen molar-refractivity contribution < 1.29 is 0 Å². The van der Waals surface area contributed by atoms with Gasteiger partial charge in [0.1, 0.15) is 0 Å². The molecule has 2 heterocycles. The molecule has 1 fully saturated rings. The van der Waals surface area contributed by atoms with Crippen molar-refractivity contribution in [3.05, 3.63) is 22.4 Å². The predicted molar refractivity (Wildman–Crippen MR) is 66.2 cm³/mol. The Morgan fingerprint density at radius 3 is 2.80 bits per heavy atom. The summed E-state index contributed by atoms with van der Waals surface area (Å²) in [6.45, 7) is 3.36. The lowest BCUT2D eigenvalue weighted by atomic mass is 10.1. The van der Waals surface area contributed by atoms with Crippen LogP contribution in [0.4, 0.5) is 0 Å². The molecule has 0 amide bonds. The number of rotatable bonds is 5. The molecule has 15 heavy (non-hydrogen) atoms. The van der Waals surface area contributed by atoms with Crippen molar-refractivity contribution in [2.24, 2.45) is 5.73 Å². The van der Waals surface area contributed by atoms with Gasteiger partial charge in [0, 0.05) is 10.9 Å². The third kappa shape index (κ3) is 2.80. The molecule has 3 heteroatoms. The van der Waals surface area contributed by atoms with Gasteiger partial charge in [-0.15, -0.1) is 11.3 Å². The van der Waals surface area contributed by atoms with Gasteiger partial charge in [-0.3, -0.25) is 4.90 Å². The van der Waals surface area contributed by atoms with E-state index in [0.29, 0.717) is 6.04 Å². The van der Waals surface area contributed by atoms with Crippen LogP contribution >= 0.6 is 11.3 Å². The molecule has 1 aliphatic rings. The Hall–Kier alpha value is -0.380. The first kappa shape index (κ1) is 11.1. The van der Waals surface area contributed by atoms with Crippen LogP contribution in [0.15, 0.2) is 17.5 Å². The Bertz CT molecular complexity index is 265. The molecule has 0 saturated carbocycles. The van der Waals surface area contributed by atoms with Crippen molar-refractivity contribution in [3.8, 4) is 0 Å². The molecule has 0 unspecified atom stereocenters. The summed E-state index contributed by atoms with van der Waals surface area (Å²) in [6, 6.07) is 5.06. The summed E-state index contributed by atoms with van der Waals surface area (Å²) in [5.41, 5.74) is 5.61. The molecule has 0 aromatic carbocycles. The topological polar surface area (TPSA) is 29.3 Å². The van der Waals surface area contributed by atoms with Crippen molar-refractivity contribution in [2.75, 3.05) is 19.6 Å². The number of hydrogen-bond acceptors (Lipinski definition) is 3. The van der Waals surface area contributed by atoms with Gasteiger partial charge in [-0.05, 0) is 56.8 Å². The molecule has 0 bridgehead atoms. The smallest absolute Gasteiger partial charge is 0.0441 e. The van der Waals surface area contributed by atoms with Gasteiger partial charge >= 0.3 is 0 Å². The van der Waals surface area contributed by atoms with Crippen LogP contribution in [0.2, 0.25) is 0 Å². The third-order valence-corrected chi connectivity index (χ3v) is 4.11. The van der Waals surface area contributed by atoms with Crippen molar-refractivity contribution in [1.29, 1.82) is 0 Å². The summed E-state index contributed by atoms with van der Waals surface area (Å²) in [7, 11) is 0. The van der Waals surface area contributed by atoms with E-state index in [1.54, 1.807) is 0 Å². The maximum atomic E-state index is 5.61. The van der Waals surface area contributed by atoms with Crippen LogP contribution in [-0.2, 0) is 0 Å². The fourth-order valence-corrected chi connectivity index (χ4v) is 3.25. The fraction of sp³-hybridized carbons (Fsp3) is 0.667. The van der Waals surface area contributed by atoms with E-state index in [9.17, 15) is 0 Å². The molecular weight excluding hydrogens is 204 g/mol. The van der Waals surface area contributed by atoms with Gasteiger partial charge in [-0.25, -0.2) is 0 Å². The van der Waals surface area contributed by atoms with E-state index >= 15 is 0 Å². The Morgan fingerprint density at radius 1 is 1.40 bits per heavy atom. The largest absolute Gasteiger partial charge is 0.330 e. The lowest BCUT2D eigenvalue weighted by Gasteiger charge is -2.26. The van der Waals surface area contributed by atoms with E-state index in [1.165, 1.54) is 37.2 Å². The Kier molecular flexibility index (Phi) is 4.18. The fourth-order valence-electron chi connectivity index (χ4n) is 2.35.